The predicted molar refractivity (Wildman–Crippen MR) is 66.6 cm³/mol. The van der Waals surface area contributed by atoms with Crippen LogP contribution in [0.5, 0.6) is 0 Å². The van der Waals surface area contributed by atoms with Crippen molar-refractivity contribution in [1.29, 1.82) is 0 Å². The zero-order valence-corrected chi connectivity index (χ0v) is 10.1. The fourth-order valence-electron chi connectivity index (χ4n) is 1.53. The number of hydrogen-bond donors (Lipinski definition) is 0. The molecule has 0 fully saturated rings. The summed E-state index contributed by atoms with van der Waals surface area (Å²) in [6.45, 7) is 0. The minimum Gasteiger partial charge on any atom is -0.298 e. The van der Waals surface area contributed by atoms with E-state index in [1.807, 2.05) is 24.3 Å². The second-order valence-electron chi connectivity index (χ2n) is 3.43. The van der Waals surface area contributed by atoms with Gasteiger partial charge in [-0.05, 0) is 23.8 Å². The van der Waals surface area contributed by atoms with E-state index in [2.05, 4.69) is 20.9 Å². The standard InChI is InChI=1S/C13H10BrNO/c14-12-6-2-1-4-10(12)8-13-11(9-16)5-3-7-15-13/h1-7,9H,8H2. The van der Waals surface area contributed by atoms with E-state index in [0.717, 1.165) is 22.0 Å². The number of aldehydes is 1. The Hall–Kier alpha value is -1.48. The lowest BCUT2D eigenvalue weighted by Gasteiger charge is -2.05. The van der Waals surface area contributed by atoms with E-state index in [-0.39, 0.29) is 0 Å². The molecular weight excluding hydrogens is 266 g/mol. The van der Waals surface area contributed by atoms with E-state index >= 15 is 0 Å². The molecule has 0 saturated carbocycles. The predicted octanol–water partition coefficient (Wildman–Crippen LogP) is 3.25. The Balaban J connectivity index is 2.34. The van der Waals surface area contributed by atoms with Crippen LogP contribution in [0, 0.1) is 0 Å². The smallest absolute Gasteiger partial charge is 0.151 e. The van der Waals surface area contributed by atoms with Crippen molar-refractivity contribution in [2.24, 2.45) is 0 Å². The lowest BCUT2D eigenvalue weighted by atomic mass is 10.1. The Morgan fingerprint density at radius 3 is 2.75 bits per heavy atom. The van der Waals surface area contributed by atoms with Crippen LogP contribution in [0.4, 0.5) is 0 Å². The van der Waals surface area contributed by atoms with Crippen LogP contribution in [0.25, 0.3) is 0 Å². The van der Waals surface area contributed by atoms with Crippen molar-refractivity contribution in [3.8, 4) is 0 Å². The average Bonchev–Trinajstić information content (AvgIpc) is 2.33. The van der Waals surface area contributed by atoms with Gasteiger partial charge in [-0.15, -0.1) is 0 Å². The normalized spacial score (nSPS) is 10.1. The highest BCUT2D eigenvalue weighted by molar-refractivity contribution is 9.10. The largest absolute Gasteiger partial charge is 0.298 e. The van der Waals surface area contributed by atoms with Crippen molar-refractivity contribution in [3.05, 3.63) is 63.9 Å². The van der Waals surface area contributed by atoms with E-state index in [1.54, 1.807) is 18.3 Å². The summed E-state index contributed by atoms with van der Waals surface area (Å²) >= 11 is 3.48. The summed E-state index contributed by atoms with van der Waals surface area (Å²) in [5.74, 6) is 0. The number of rotatable bonds is 3. The Bertz CT molecular complexity index is 511. The van der Waals surface area contributed by atoms with Gasteiger partial charge in [0.2, 0.25) is 0 Å². The first kappa shape index (κ1) is 11.0. The summed E-state index contributed by atoms with van der Waals surface area (Å²) in [4.78, 5) is 15.1. The number of benzene rings is 1. The first-order chi connectivity index (χ1) is 7.81. The van der Waals surface area contributed by atoms with E-state index < -0.39 is 0 Å². The molecule has 0 atom stereocenters. The molecule has 0 spiro atoms. The molecule has 0 saturated heterocycles. The summed E-state index contributed by atoms with van der Waals surface area (Å²) in [7, 11) is 0. The summed E-state index contributed by atoms with van der Waals surface area (Å²) in [6.07, 6.45) is 3.22. The molecule has 1 aromatic heterocycles. The number of carbonyl (C=O) groups is 1. The van der Waals surface area contributed by atoms with Gasteiger partial charge in [0.25, 0.3) is 0 Å². The topological polar surface area (TPSA) is 30.0 Å². The SMILES string of the molecule is O=Cc1cccnc1Cc1ccccc1Br. The third-order valence-electron chi connectivity index (χ3n) is 2.37. The van der Waals surface area contributed by atoms with Crippen molar-refractivity contribution < 1.29 is 4.79 Å². The number of pyridine rings is 1. The number of carbonyl (C=O) groups excluding carboxylic acids is 1. The van der Waals surface area contributed by atoms with Crippen molar-refractivity contribution in [2.45, 2.75) is 6.42 Å². The molecular formula is C13H10BrNO. The maximum absolute atomic E-state index is 10.9. The molecule has 80 valence electrons. The first-order valence-corrected chi connectivity index (χ1v) is 5.73. The van der Waals surface area contributed by atoms with Gasteiger partial charge in [-0.2, -0.15) is 0 Å². The maximum Gasteiger partial charge on any atom is 0.151 e. The van der Waals surface area contributed by atoms with Crippen LogP contribution in [0.3, 0.4) is 0 Å². The van der Waals surface area contributed by atoms with Gasteiger partial charge < -0.3 is 0 Å². The molecule has 0 aliphatic rings. The lowest BCUT2D eigenvalue weighted by Crippen LogP contribution is -1.98. The van der Waals surface area contributed by atoms with E-state index in [1.165, 1.54) is 0 Å². The Morgan fingerprint density at radius 2 is 2.00 bits per heavy atom. The average molecular weight is 276 g/mol. The van der Waals surface area contributed by atoms with Gasteiger partial charge in [-0.1, -0.05) is 34.1 Å². The van der Waals surface area contributed by atoms with Crippen molar-refractivity contribution in [2.75, 3.05) is 0 Å². The van der Waals surface area contributed by atoms with Crippen LogP contribution < -0.4 is 0 Å². The third kappa shape index (κ3) is 2.36. The fraction of sp³-hybridized carbons (Fsp3) is 0.0769. The molecule has 0 radical (unpaired) electrons. The molecule has 16 heavy (non-hydrogen) atoms. The number of nitrogens with zero attached hydrogens (tertiary/aromatic N) is 1. The van der Waals surface area contributed by atoms with E-state index in [4.69, 9.17) is 0 Å². The lowest BCUT2D eigenvalue weighted by molar-refractivity contribution is 0.112. The van der Waals surface area contributed by atoms with Gasteiger partial charge in [-0.3, -0.25) is 9.78 Å². The van der Waals surface area contributed by atoms with Crippen LogP contribution in [0.15, 0.2) is 47.1 Å². The molecule has 0 aliphatic heterocycles. The van der Waals surface area contributed by atoms with E-state index in [0.29, 0.717) is 12.0 Å². The molecule has 2 nitrogen and oxygen atoms in total. The molecule has 2 aromatic rings. The van der Waals surface area contributed by atoms with Crippen LogP contribution >= 0.6 is 15.9 Å². The molecule has 2 rings (SSSR count). The van der Waals surface area contributed by atoms with Crippen LogP contribution in [-0.4, -0.2) is 11.3 Å². The van der Waals surface area contributed by atoms with Gasteiger partial charge in [-0.25, -0.2) is 0 Å². The molecule has 3 heteroatoms. The highest BCUT2D eigenvalue weighted by atomic mass is 79.9. The molecule has 0 bridgehead atoms. The number of halogens is 1. The highest BCUT2D eigenvalue weighted by Crippen LogP contribution is 2.19. The Labute approximate surface area is 102 Å². The molecule has 0 amide bonds. The Kier molecular flexibility index (Phi) is 3.47. The molecule has 1 aromatic carbocycles. The van der Waals surface area contributed by atoms with Crippen molar-refractivity contribution in [3.63, 3.8) is 0 Å². The maximum atomic E-state index is 10.9. The third-order valence-corrected chi connectivity index (χ3v) is 3.14. The van der Waals surface area contributed by atoms with Gasteiger partial charge >= 0.3 is 0 Å². The van der Waals surface area contributed by atoms with Crippen molar-refractivity contribution in [1.82, 2.24) is 4.98 Å². The summed E-state index contributed by atoms with van der Waals surface area (Å²) in [6, 6.07) is 11.5. The first-order valence-electron chi connectivity index (χ1n) is 4.93. The number of hydrogen-bond acceptors (Lipinski definition) is 2. The van der Waals surface area contributed by atoms with Gasteiger partial charge in [0.1, 0.15) is 0 Å². The van der Waals surface area contributed by atoms with Gasteiger partial charge in [0.15, 0.2) is 6.29 Å². The minimum absolute atomic E-state index is 0.651. The van der Waals surface area contributed by atoms with E-state index in [9.17, 15) is 4.79 Å². The second kappa shape index (κ2) is 5.03. The molecule has 1 heterocycles. The Morgan fingerprint density at radius 1 is 1.19 bits per heavy atom. The fourth-order valence-corrected chi connectivity index (χ4v) is 1.95. The monoisotopic (exact) mass is 275 g/mol. The summed E-state index contributed by atoms with van der Waals surface area (Å²) in [5.41, 5.74) is 2.59. The van der Waals surface area contributed by atoms with Crippen LogP contribution in [0.1, 0.15) is 21.6 Å². The molecule has 0 N–H and O–H groups in total. The minimum atomic E-state index is 0.651. The van der Waals surface area contributed by atoms with Gasteiger partial charge in [0.05, 0.1) is 5.69 Å². The molecule has 0 aliphatic carbocycles. The van der Waals surface area contributed by atoms with Crippen molar-refractivity contribution >= 4 is 22.2 Å². The van der Waals surface area contributed by atoms with Gasteiger partial charge in [0, 0.05) is 22.7 Å². The van der Waals surface area contributed by atoms with Crippen LogP contribution in [-0.2, 0) is 6.42 Å². The number of aromatic nitrogens is 1. The molecule has 0 unspecified atom stereocenters. The summed E-state index contributed by atoms with van der Waals surface area (Å²) in [5, 5.41) is 0. The second-order valence-corrected chi connectivity index (χ2v) is 4.28. The highest BCUT2D eigenvalue weighted by Gasteiger charge is 2.05. The quantitative estimate of drug-likeness (QED) is 0.805. The zero-order valence-electron chi connectivity index (χ0n) is 8.56. The summed E-state index contributed by atoms with van der Waals surface area (Å²) < 4.78 is 1.04. The zero-order chi connectivity index (χ0) is 11.4. The van der Waals surface area contributed by atoms with Crippen LogP contribution in [0.2, 0.25) is 0 Å².